The van der Waals surface area contributed by atoms with Gasteiger partial charge in [-0.25, -0.2) is 0 Å². The molecule has 68 valence electrons. The van der Waals surface area contributed by atoms with Gasteiger partial charge in [0.15, 0.2) is 0 Å². The van der Waals surface area contributed by atoms with Crippen LogP contribution in [0, 0.1) is 12.3 Å². The molecule has 0 unspecified atom stereocenters. The molecule has 0 bridgehead atoms. The van der Waals surface area contributed by atoms with E-state index in [1.54, 1.807) is 7.11 Å². The fourth-order valence-corrected chi connectivity index (χ4v) is 1.08. The van der Waals surface area contributed by atoms with Gasteiger partial charge in [-0.2, -0.15) is 0 Å². The summed E-state index contributed by atoms with van der Waals surface area (Å²) in [7, 11) is 3.61. The Labute approximate surface area is 79.1 Å². The van der Waals surface area contributed by atoms with E-state index in [4.69, 9.17) is 11.2 Å². The molecule has 0 aliphatic carbocycles. The predicted molar refractivity (Wildman–Crippen MR) is 55.1 cm³/mol. The lowest BCUT2D eigenvalue weighted by Gasteiger charge is -2.16. The van der Waals surface area contributed by atoms with E-state index in [-0.39, 0.29) is 0 Å². The average molecular weight is 175 g/mol. The fraction of sp³-hybridized carbons (Fsp3) is 0.273. The number of benzene rings is 1. The number of nitrogens with zero attached hydrogens (tertiary/aromatic N) is 1. The zero-order chi connectivity index (χ0) is 9.68. The van der Waals surface area contributed by atoms with Crippen LogP contribution in [0.2, 0.25) is 0 Å². The van der Waals surface area contributed by atoms with Crippen molar-refractivity contribution >= 4 is 5.69 Å². The summed E-state index contributed by atoms with van der Waals surface area (Å²) >= 11 is 0. The maximum absolute atomic E-state index is 5.21. The van der Waals surface area contributed by atoms with Gasteiger partial charge in [0.25, 0.3) is 0 Å². The first-order valence-electron chi connectivity index (χ1n) is 4.06. The second-order valence-corrected chi connectivity index (χ2v) is 2.76. The highest BCUT2D eigenvalue weighted by molar-refractivity contribution is 5.50. The lowest BCUT2D eigenvalue weighted by Crippen LogP contribution is -2.16. The molecule has 0 aliphatic rings. The third-order valence-corrected chi connectivity index (χ3v) is 1.82. The van der Waals surface area contributed by atoms with Crippen LogP contribution in [0.15, 0.2) is 24.3 Å². The second kappa shape index (κ2) is 4.42. The molecule has 1 aromatic carbocycles. The quantitative estimate of drug-likeness (QED) is 0.649. The van der Waals surface area contributed by atoms with Crippen LogP contribution in [0.3, 0.4) is 0 Å². The van der Waals surface area contributed by atoms with E-state index in [0.717, 1.165) is 11.4 Å². The Hall–Kier alpha value is -1.62. The second-order valence-electron chi connectivity index (χ2n) is 2.76. The van der Waals surface area contributed by atoms with Crippen LogP contribution in [-0.2, 0) is 0 Å². The number of terminal acetylenes is 1. The van der Waals surface area contributed by atoms with Crippen LogP contribution >= 0.6 is 0 Å². The first kappa shape index (κ1) is 9.47. The van der Waals surface area contributed by atoms with Gasteiger partial charge in [0, 0.05) is 18.8 Å². The Balaban J connectivity index is 2.83. The number of methoxy groups -OCH3 is 1. The standard InChI is InChI=1S/C11H13NO/c1-4-8-12(2)10-6-5-7-11(9-10)13-3/h1,5-7,9H,8H2,2-3H3. The minimum absolute atomic E-state index is 0.604. The van der Waals surface area contributed by atoms with Crippen molar-refractivity contribution in [1.29, 1.82) is 0 Å². The Morgan fingerprint density at radius 2 is 2.31 bits per heavy atom. The zero-order valence-corrected chi connectivity index (χ0v) is 7.95. The van der Waals surface area contributed by atoms with Gasteiger partial charge in [-0.05, 0) is 12.1 Å². The molecule has 0 amide bonds. The summed E-state index contributed by atoms with van der Waals surface area (Å²) in [6, 6.07) is 7.81. The highest BCUT2D eigenvalue weighted by Gasteiger charge is 1.99. The lowest BCUT2D eigenvalue weighted by atomic mass is 10.3. The van der Waals surface area contributed by atoms with E-state index in [2.05, 4.69) is 5.92 Å². The minimum Gasteiger partial charge on any atom is -0.497 e. The maximum atomic E-state index is 5.21. The Bertz CT molecular complexity index is 314. The van der Waals surface area contributed by atoms with Crippen molar-refractivity contribution in [1.82, 2.24) is 0 Å². The van der Waals surface area contributed by atoms with Crippen LogP contribution in [0.25, 0.3) is 0 Å². The first-order valence-corrected chi connectivity index (χ1v) is 4.06. The molecular weight excluding hydrogens is 162 g/mol. The van der Waals surface area contributed by atoms with Gasteiger partial charge >= 0.3 is 0 Å². The summed E-state index contributed by atoms with van der Waals surface area (Å²) in [5, 5.41) is 0. The lowest BCUT2D eigenvalue weighted by molar-refractivity contribution is 0.415. The van der Waals surface area contributed by atoms with Crippen LogP contribution in [0.4, 0.5) is 5.69 Å². The molecule has 13 heavy (non-hydrogen) atoms. The predicted octanol–water partition coefficient (Wildman–Crippen LogP) is 1.76. The molecule has 0 saturated carbocycles. The van der Waals surface area contributed by atoms with Gasteiger partial charge in [0.1, 0.15) is 5.75 Å². The summed E-state index contributed by atoms with van der Waals surface area (Å²) in [6.07, 6.45) is 5.21. The summed E-state index contributed by atoms with van der Waals surface area (Å²) in [6.45, 7) is 0.604. The summed E-state index contributed by atoms with van der Waals surface area (Å²) in [5.74, 6) is 3.44. The van der Waals surface area contributed by atoms with Crippen molar-refractivity contribution in [2.75, 3.05) is 25.6 Å². The molecule has 1 rings (SSSR count). The number of ether oxygens (including phenoxy) is 1. The Kier molecular flexibility index (Phi) is 3.22. The van der Waals surface area contributed by atoms with E-state index >= 15 is 0 Å². The van der Waals surface area contributed by atoms with Gasteiger partial charge in [-0.3, -0.25) is 0 Å². The maximum Gasteiger partial charge on any atom is 0.120 e. The van der Waals surface area contributed by atoms with Crippen molar-refractivity contribution in [3.63, 3.8) is 0 Å². The molecule has 0 radical (unpaired) electrons. The Morgan fingerprint density at radius 3 is 2.92 bits per heavy atom. The highest BCUT2D eigenvalue weighted by Crippen LogP contribution is 2.19. The molecule has 0 fully saturated rings. The van der Waals surface area contributed by atoms with Crippen LogP contribution in [-0.4, -0.2) is 20.7 Å². The van der Waals surface area contributed by atoms with E-state index in [9.17, 15) is 0 Å². The van der Waals surface area contributed by atoms with Gasteiger partial charge in [0.05, 0.1) is 13.7 Å². The molecule has 2 nitrogen and oxygen atoms in total. The van der Waals surface area contributed by atoms with E-state index in [1.165, 1.54) is 0 Å². The summed E-state index contributed by atoms with van der Waals surface area (Å²) < 4.78 is 5.10. The topological polar surface area (TPSA) is 12.5 Å². The molecule has 0 N–H and O–H groups in total. The average Bonchev–Trinajstić information content (AvgIpc) is 2.18. The summed E-state index contributed by atoms with van der Waals surface area (Å²) in [5.41, 5.74) is 1.07. The van der Waals surface area contributed by atoms with E-state index in [0.29, 0.717) is 6.54 Å². The van der Waals surface area contributed by atoms with Crippen molar-refractivity contribution in [3.05, 3.63) is 24.3 Å². The van der Waals surface area contributed by atoms with Crippen molar-refractivity contribution in [3.8, 4) is 18.1 Å². The molecule has 0 saturated heterocycles. The smallest absolute Gasteiger partial charge is 0.120 e. The van der Waals surface area contributed by atoms with Gasteiger partial charge in [-0.1, -0.05) is 12.0 Å². The van der Waals surface area contributed by atoms with Crippen molar-refractivity contribution in [2.45, 2.75) is 0 Å². The number of hydrogen-bond acceptors (Lipinski definition) is 2. The molecule has 0 aromatic heterocycles. The minimum atomic E-state index is 0.604. The molecule has 1 aromatic rings. The first-order chi connectivity index (χ1) is 6.27. The number of hydrogen-bond donors (Lipinski definition) is 0. The van der Waals surface area contributed by atoms with E-state index < -0.39 is 0 Å². The number of rotatable bonds is 3. The van der Waals surface area contributed by atoms with E-state index in [1.807, 2.05) is 36.2 Å². The van der Waals surface area contributed by atoms with Crippen LogP contribution in [0.1, 0.15) is 0 Å². The SMILES string of the molecule is C#CCN(C)c1cccc(OC)c1. The van der Waals surface area contributed by atoms with Gasteiger partial charge in [-0.15, -0.1) is 6.42 Å². The highest BCUT2D eigenvalue weighted by atomic mass is 16.5. The zero-order valence-electron chi connectivity index (χ0n) is 7.95. The van der Waals surface area contributed by atoms with Crippen molar-refractivity contribution < 1.29 is 4.74 Å². The molecule has 0 atom stereocenters. The fourth-order valence-electron chi connectivity index (χ4n) is 1.08. The molecular formula is C11H13NO. The molecule has 0 heterocycles. The summed E-state index contributed by atoms with van der Waals surface area (Å²) in [4.78, 5) is 1.99. The van der Waals surface area contributed by atoms with Gasteiger partial charge < -0.3 is 9.64 Å². The number of anilines is 1. The normalized spacial score (nSPS) is 9.00. The third-order valence-electron chi connectivity index (χ3n) is 1.82. The van der Waals surface area contributed by atoms with Crippen LogP contribution < -0.4 is 9.64 Å². The van der Waals surface area contributed by atoms with Crippen LogP contribution in [0.5, 0.6) is 5.75 Å². The Morgan fingerprint density at radius 1 is 1.54 bits per heavy atom. The monoisotopic (exact) mass is 175 g/mol. The molecule has 0 aliphatic heterocycles. The molecule has 0 spiro atoms. The van der Waals surface area contributed by atoms with Crippen molar-refractivity contribution in [2.24, 2.45) is 0 Å². The molecule has 2 heteroatoms. The third kappa shape index (κ3) is 2.41. The van der Waals surface area contributed by atoms with Gasteiger partial charge in [0.2, 0.25) is 0 Å². The largest absolute Gasteiger partial charge is 0.497 e.